The Balaban J connectivity index is 2.97. The topological polar surface area (TPSA) is 53.8 Å². The lowest BCUT2D eigenvalue weighted by Gasteiger charge is -1.98. The van der Waals surface area contributed by atoms with Crippen molar-refractivity contribution in [2.45, 2.75) is 13.3 Å². The van der Waals surface area contributed by atoms with Crippen LogP contribution >= 0.6 is 0 Å². The predicted octanol–water partition coefficient (Wildman–Crippen LogP) is 1.49. The van der Waals surface area contributed by atoms with E-state index >= 15 is 0 Å². The highest BCUT2D eigenvalue weighted by molar-refractivity contribution is 5.98. The van der Waals surface area contributed by atoms with Crippen LogP contribution in [0.2, 0.25) is 0 Å². The standard InChI is InChI=1S/C9H8N2O/c1-7-6-11-5-3-8(7)9(12)2-4-10/h3,5-6H,2H2,1H3. The molecule has 0 spiro atoms. The zero-order valence-corrected chi connectivity index (χ0v) is 6.74. The number of hydrogen-bond donors (Lipinski definition) is 0. The highest BCUT2D eigenvalue weighted by Crippen LogP contribution is 2.07. The molecule has 0 N–H and O–H groups in total. The van der Waals surface area contributed by atoms with Crippen molar-refractivity contribution in [2.75, 3.05) is 0 Å². The van der Waals surface area contributed by atoms with Gasteiger partial charge >= 0.3 is 0 Å². The van der Waals surface area contributed by atoms with Gasteiger partial charge in [0.15, 0.2) is 5.78 Å². The molecule has 12 heavy (non-hydrogen) atoms. The van der Waals surface area contributed by atoms with Crippen LogP contribution in [0, 0.1) is 18.3 Å². The van der Waals surface area contributed by atoms with E-state index in [0.717, 1.165) is 5.56 Å². The Kier molecular flexibility index (Phi) is 2.54. The number of nitriles is 1. The largest absolute Gasteiger partial charge is 0.293 e. The summed E-state index contributed by atoms with van der Waals surface area (Å²) in [5.41, 5.74) is 1.41. The van der Waals surface area contributed by atoms with Gasteiger partial charge in [-0.2, -0.15) is 5.26 Å². The normalized spacial score (nSPS) is 9.00. The van der Waals surface area contributed by atoms with Gasteiger partial charge in [0.1, 0.15) is 0 Å². The molecule has 0 atom stereocenters. The summed E-state index contributed by atoms with van der Waals surface area (Å²) in [6.07, 6.45) is 3.10. The molecule has 1 aromatic heterocycles. The maximum Gasteiger partial charge on any atom is 0.177 e. The lowest BCUT2D eigenvalue weighted by Crippen LogP contribution is -2.00. The van der Waals surface area contributed by atoms with E-state index < -0.39 is 0 Å². The summed E-state index contributed by atoms with van der Waals surface area (Å²) in [6.45, 7) is 1.80. The van der Waals surface area contributed by atoms with E-state index in [9.17, 15) is 4.79 Å². The Labute approximate surface area is 70.7 Å². The van der Waals surface area contributed by atoms with Crippen LogP contribution in [0.15, 0.2) is 18.5 Å². The van der Waals surface area contributed by atoms with Crippen LogP contribution in [-0.2, 0) is 0 Å². The van der Waals surface area contributed by atoms with Crippen molar-refractivity contribution in [3.05, 3.63) is 29.6 Å². The molecule has 1 aromatic rings. The van der Waals surface area contributed by atoms with Gasteiger partial charge in [-0.3, -0.25) is 9.78 Å². The van der Waals surface area contributed by atoms with Crippen LogP contribution in [0.5, 0.6) is 0 Å². The van der Waals surface area contributed by atoms with Gasteiger partial charge in [-0.15, -0.1) is 0 Å². The first-order valence-corrected chi connectivity index (χ1v) is 3.56. The van der Waals surface area contributed by atoms with Crippen molar-refractivity contribution >= 4 is 5.78 Å². The van der Waals surface area contributed by atoms with E-state index in [1.54, 1.807) is 25.4 Å². The Morgan fingerprint density at radius 3 is 3.08 bits per heavy atom. The monoisotopic (exact) mass is 160 g/mol. The highest BCUT2D eigenvalue weighted by atomic mass is 16.1. The minimum Gasteiger partial charge on any atom is -0.293 e. The van der Waals surface area contributed by atoms with Gasteiger partial charge in [0.2, 0.25) is 0 Å². The number of carbonyl (C=O) groups is 1. The van der Waals surface area contributed by atoms with Crippen molar-refractivity contribution in [3.8, 4) is 6.07 Å². The molecule has 0 amide bonds. The van der Waals surface area contributed by atoms with E-state index in [2.05, 4.69) is 4.98 Å². The summed E-state index contributed by atoms with van der Waals surface area (Å²) in [7, 11) is 0. The molecule has 0 unspecified atom stereocenters. The van der Waals surface area contributed by atoms with Crippen LogP contribution in [0.3, 0.4) is 0 Å². The molecule has 60 valence electrons. The Morgan fingerprint density at radius 1 is 1.75 bits per heavy atom. The number of aromatic nitrogens is 1. The lowest BCUT2D eigenvalue weighted by atomic mass is 10.1. The number of aryl methyl sites for hydroxylation is 1. The van der Waals surface area contributed by atoms with Crippen LogP contribution in [0.1, 0.15) is 22.3 Å². The zero-order valence-electron chi connectivity index (χ0n) is 6.74. The molecule has 0 aromatic carbocycles. The second-order valence-electron chi connectivity index (χ2n) is 2.45. The average molecular weight is 160 g/mol. The van der Waals surface area contributed by atoms with Crippen molar-refractivity contribution in [1.29, 1.82) is 5.26 Å². The number of rotatable bonds is 2. The molecule has 0 fully saturated rings. The van der Waals surface area contributed by atoms with E-state index in [0.29, 0.717) is 5.56 Å². The molecule has 1 rings (SSSR count). The first kappa shape index (κ1) is 8.41. The highest BCUT2D eigenvalue weighted by Gasteiger charge is 2.06. The summed E-state index contributed by atoms with van der Waals surface area (Å²) in [5, 5.41) is 8.30. The third-order valence-electron chi connectivity index (χ3n) is 1.56. The van der Waals surface area contributed by atoms with Gasteiger partial charge in [-0.25, -0.2) is 0 Å². The van der Waals surface area contributed by atoms with E-state index in [1.165, 1.54) is 0 Å². The number of nitrogens with zero attached hydrogens (tertiary/aromatic N) is 2. The van der Waals surface area contributed by atoms with Gasteiger partial charge in [0, 0.05) is 18.0 Å². The van der Waals surface area contributed by atoms with Crippen molar-refractivity contribution in [3.63, 3.8) is 0 Å². The molecule has 0 aliphatic heterocycles. The van der Waals surface area contributed by atoms with Crippen LogP contribution in [0.4, 0.5) is 0 Å². The molecule has 0 bridgehead atoms. The Morgan fingerprint density at radius 2 is 2.50 bits per heavy atom. The first-order chi connectivity index (χ1) is 5.75. The van der Waals surface area contributed by atoms with Gasteiger partial charge in [0.05, 0.1) is 12.5 Å². The van der Waals surface area contributed by atoms with Gasteiger partial charge in [0.25, 0.3) is 0 Å². The summed E-state index contributed by atoms with van der Waals surface area (Å²) in [5.74, 6) is -0.141. The molecule has 0 saturated heterocycles. The predicted molar refractivity (Wildman–Crippen MR) is 43.5 cm³/mol. The summed E-state index contributed by atoms with van der Waals surface area (Å²) in [6, 6.07) is 3.46. The average Bonchev–Trinajstić information content (AvgIpc) is 2.05. The minimum atomic E-state index is -0.141. The van der Waals surface area contributed by atoms with Crippen molar-refractivity contribution in [2.24, 2.45) is 0 Å². The molecule has 1 heterocycles. The maximum atomic E-state index is 11.2. The minimum absolute atomic E-state index is 0.0646. The SMILES string of the molecule is Cc1cnccc1C(=O)CC#N. The quantitative estimate of drug-likeness (QED) is 0.616. The number of hydrogen-bond acceptors (Lipinski definition) is 3. The fourth-order valence-corrected chi connectivity index (χ4v) is 0.953. The van der Waals surface area contributed by atoms with E-state index in [4.69, 9.17) is 5.26 Å². The fourth-order valence-electron chi connectivity index (χ4n) is 0.953. The molecule has 3 nitrogen and oxygen atoms in total. The molecular formula is C9H8N2O. The van der Waals surface area contributed by atoms with Crippen LogP contribution in [0.25, 0.3) is 0 Å². The molecule has 0 aliphatic rings. The van der Waals surface area contributed by atoms with Crippen molar-refractivity contribution < 1.29 is 4.79 Å². The third-order valence-corrected chi connectivity index (χ3v) is 1.56. The van der Waals surface area contributed by atoms with Gasteiger partial charge < -0.3 is 0 Å². The molecular weight excluding hydrogens is 152 g/mol. The molecule has 0 radical (unpaired) electrons. The number of pyridine rings is 1. The number of Topliss-reactive ketones (excluding diaryl/α,β-unsaturated/α-hetero) is 1. The Bertz CT molecular complexity index is 339. The summed E-state index contributed by atoms with van der Waals surface area (Å²) < 4.78 is 0. The second-order valence-corrected chi connectivity index (χ2v) is 2.45. The Hall–Kier alpha value is -1.69. The van der Waals surface area contributed by atoms with Crippen LogP contribution < -0.4 is 0 Å². The molecule has 3 heteroatoms. The second kappa shape index (κ2) is 3.63. The first-order valence-electron chi connectivity index (χ1n) is 3.56. The summed E-state index contributed by atoms with van der Waals surface area (Å²) in [4.78, 5) is 15.1. The molecule has 0 saturated carbocycles. The maximum absolute atomic E-state index is 11.2. The number of carbonyl (C=O) groups excluding carboxylic acids is 1. The lowest BCUT2D eigenvalue weighted by molar-refractivity contribution is 0.0997. The fraction of sp³-hybridized carbons (Fsp3) is 0.222. The summed E-state index contributed by atoms with van der Waals surface area (Å²) >= 11 is 0. The van der Waals surface area contributed by atoms with Gasteiger partial charge in [-0.05, 0) is 18.6 Å². The van der Waals surface area contributed by atoms with Gasteiger partial charge in [-0.1, -0.05) is 0 Å². The molecule has 0 aliphatic carbocycles. The number of ketones is 1. The van der Waals surface area contributed by atoms with E-state index in [-0.39, 0.29) is 12.2 Å². The van der Waals surface area contributed by atoms with E-state index in [1.807, 2.05) is 6.07 Å². The third kappa shape index (κ3) is 1.67. The zero-order chi connectivity index (χ0) is 8.97. The van der Waals surface area contributed by atoms with Crippen LogP contribution in [-0.4, -0.2) is 10.8 Å². The van der Waals surface area contributed by atoms with Crippen molar-refractivity contribution in [1.82, 2.24) is 4.98 Å². The smallest absolute Gasteiger partial charge is 0.177 e.